The maximum atomic E-state index is 12.6. The van der Waals surface area contributed by atoms with Crippen molar-refractivity contribution in [3.8, 4) is 0 Å². The van der Waals surface area contributed by atoms with Crippen LogP contribution in [0.15, 0.2) is 36.9 Å². The summed E-state index contributed by atoms with van der Waals surface area (Å²) in [5.74, 6) is 1.03. The normalized spacial score (nSPS) is 16.6. The molecule has 6 heteroatoms. The Labute approximate surface area is 130 Å². The average Bonchev–Trinajstić information content (AvgIpc) is 3.00. The Balaban J connectivity index is 1.62. The van der Waals surface area contributed by atoms with Crippen molar-refractivity contribution in [1.29, 1.82) is 0 Å². The van der Waals surface area contributed by atoms with E-state index in [-0.39, 0.29) is 11.9 Å². The van der Waals surface area contributed by atoms with Gasteiger partial charge in [0.25, 0.3) is 0 Å². The summed E-state index contributed by atoms with van der Waals surface area (Å²) in [5.41, 5.74) is 1.12. The Morgan fingerprint density at radius 3 is 2.59 bits per heavy atom. The molecule has 3 heterocycles. The number of aromatic nitrogens is 3. The van der Waals surface area contributed by atoms with Crippen molar-refractivity contribution in [2.24, 2.45) is 0 Å². The summed E-state index contributed by atoms with van der Waals surface area (Å²) in [6.07, 6.45) is 7.25. The first kappa shape index (κ1) is 14.6. The van der Waals surface area contributed by atoms with Crippen LogP contribution in [-0.2, 0) is 4.79 Å². The molecule has 0 bridgehead atoms. The smallest absolute Gasteiger partial charge is 0.245 e. The zero-order valence-electron chi connectivity index (χ0n) is 13.0. The first-order valence-electron chi connectivity index (χ1n) is 7.60. The summed E-state index contributed by atoms with van der Waals surface area (Å²) in [7, 11) is 0. The molecular weight excluding hydrogens is 278 g/mol. The minimum Gasteiger partial charge on any atom is -0.367 e. The molecule has 0 N–H and O–H groups in total. The number of rotatable bonds is 3. The summed E-state index contributed by atoms with van der Waals surface area (Å²) in [5, 5.41) is 0. The third-order valence-corrected chi connectivity index (χ3v) is 4.24. The number of aryl methyl sites for hydroxylation is 1. The first-order valence-corrected chi connectivity index (χ1v) is 7.60. The molecule has 3 rings (SSSR count). The van der Waals surface area contributed by atoms with E-state index in [2.05, 4.69) is 20.9 Å². The summed E-state index contributed by atoms with van der Waals surface area (Å²) >= 11 is 0. The predicted octanol–water partition coefficient (Wildman–Crippen LogP) is 1.50. The third kappa shape index (κ3) is 2.81. The Morgan fingerprint density at radius 2 is 2.00 bits per heavy atom. The second kappa shape index (κ2) is 6.17. The Morgan fingerprint density at radius 1 is 1.23 bits per heavy atom. The molecule has 116 valence electrons. The number of nitrogens with zero attached hydrogens (tertiary/aromatic N) is 5. The number of piperazine rings is 1. The van der Waals surface area contributed by atoms with Crippen LogP contribution in [0.25, 0.3) is 0 Å². The summed E-state index contributed by atoms with van der Waals surface area (Å²) < 4.78 is 1.93. The van der Waals surface area contributed by atoms with Gasteiger partial charge in [-0.1, -0.05) is 0 Å². The van der Waals surface area contributed by atoms with Crippen molar-refractivity contribution in [1.82, 2.24) is 19.4 Å². The summed E-state index contributed by atoms with van der Waals surface area (Å²) in [6, 6.07) is 3.80. The van der Waals surface area contributed by atoms with Crippen LogP contribution in [0.3, 0.4) is 0 Å². The lowest BCUT2D eigenvalue weighted by molar-refractivity contribution is -0.134. The highest BCUT2D eigenvalue weighted by molar-refractivity contribution is 5.80. The van der Waals surface area contributed by atoms with Gasteiger partial charge in [-0.25, -0.2) is 4.98 Å². The molecule has 0 aliphatic carbocycles. The fraction of sp³-hybridized carbons (Fsp3) is 0.438. The van der Waals surface area contributed by atoms with Crippen LogP contribution in [-0.4, -0.2) is 51.5 Å². The number of imidazole rings is 1. The van der Waals surface area contributed by atoms with E-state index in [9.17, 15) is 4.79 Å². The van der Waals surface area contributed by atoms with Crippen LogP contribution in [0.2, 0.25) is 0 Å². The molecule has 1 aliphatic rings. The second-order valence-electron chi connectivity index (χ2n) is 5.58. The molecule has 1 amide bonds. The van der Waals surface area contributed by atoms with E-state index in [1.807, 2.05) is 41.8 Å². The van der Waals surface area contributed by atoms with Crippen molar-refractivity contribution in [2.75, 3.05) is 31.1 Å². The highest BCUT2D eigenvalue weighted by atomic mass is 16.2. The van der Waals surface area contributed by atoms with E-state index >= 15 is 0 Å². The van der Waals surface area contributed by atoms with Crippen LogP contribution in [0.1, 0.15) is 18.8 Å². The summed E-state index contributed by atoms with van der Waals surface area (Å²) in [6.45, 7) is 7.02. The highest BCUT2D eigenvalue weighted by Gasteiger charge is 2.26. The Kier molecular flexibility index (Phi) is 4.09. The fourth-order valence-corrected chi connectivity index (χ4v) is 2.91. The van der Waals surface area contributed by atoms with Gasteiger partial charge in [0, 0.05) is 44.8 Å². The molecule has 6 nitrogen and oxygen atoms in total. The van der Waals surface area contributed by atoms with Crippen molar-refractivity contribution < 1.29 is 4.79 Å². The molecule has 2 aromatic heterocycles. The first-order chi connectivity index (χ1) is 10.7. The lowest BCUT2D eigenvalue weighted by Crippen LogP contribution is -2.50. The predicted molar refractivity (Wildman–Crippen MR) is 84.7 cm³/mol. The van der Waals surface area contributed by atoms with Crippen molar-refractivity contribution >= 4 is 11.6 Å². The number of hydrogen-bond donors (Lipinski definition) is 0. The second-order valence-corrected chi connectivity index (χ2v) is 5.58. The lowest BCUT2D eigenvalue weighted by atomic mass is 10.2. The van der Waals surface area contributed by atoms with E-state index in [1.165, 1.54) is 0 Å². The number of anilines is 1. The Hall–Kier alpha value is -2.37. The van der Waals surface area contributed by atoms with Crippen LogP contribution < -0.4 is 4.90 Å². The third-order valence-electron chi connectivity index (χ3n) is 4.24. The maximum Gasteiger partial charge on any atom is 0.245 e. The molecular formula is C16H21N5O. The average molecular weight is 299 g/mol. The number of pyridine rings is 1. The minimum atomic E-state index is -0.201. The molecule has 0 unspecified atom stereocenters. The van der Waals surface area contributed by atoms with E-state index in [1.54, 1.807) is 12.4 Å². The van der Waals surface area contributed by atoms with Crippen LogP contribution >= 0.6 is 0 Å². The van der Waals surface area contributed by atoms with Crippen LogP contribution in [0.4, 0.5) is 5.69 Å². The van der Waals surface area contributed by atoms with Gasteiger partial charge >= 0.3 is 0 Å². The van der Waals surface area contributed by atoms with Gasteiger partial charge in [-0.05, 0) is 26.0 Å². The van der Waals surface area contributed by atoms with Gasteiger partial charge in [-0.3, -0.25) is 9.78 Å². The van der Waals surface area contributed by atoms with Gasteiger partial charge in [0.1, 0.15) is 11.9 Å². The highest BCUT2D eigenvalue weighted by Crippen LogP contribution is 2.17. The quantitative estimate of drug-likeness (QED) is 0.862. The van der Waals surface area contributed by atoms with Crippen LogP contribution in [0.5, 0.6) is 0 Å². The van der Waals surface area contributed by atoms with E-state index < -0.39 is 0 Å². The molecule has 1 fully saturated rings. The molecule has 1 atom stereocenters. The standard InChI is InChI=1S/C16H21N5O/c1-13(21-7-6-18-14(21)2)16(22)20-10-8-19(9-11-20)15-4-3-5-17-12-15/h3-7,12-13H,8-11H2,1-2H3/t13-/m1/s1. The maximum absolute atomic E-state index is 12.6. The number of carbonyl (C=O) groups excluding carboxylic acids is 1. The number of hydrogen-bond acceptors (Lipinski definition) is 4. The van der Waals surface area contributed by atoms with Gasteiger partial charge in [0.15, 0.2) is 0 Å². The Bertz CT molecular complexity index is 631. The molecule has 0 aromatic carbocycles. The van der Waals surface area contributed by atoms with Gasteiger partial charge < -0.3 is 14.4 Å². The van der Waals surface area contributed by atoms with Crippen LogP contribution in [0, 0.1) is 6.92 Å². The molecule has 0 spiro atoms. The molecule has 1 saturated heterocycles. The largest absolute Gasteiger partial charge is 0.367 e. The van der Waals surface area contributed by atoms with E-state index in [0.717, 1.165) is 37.7 Å². The van der Waals surface area contributed by atoms with Crippen molar-refractivity contribution in [2.45, 2.75) is 19.9 Å². The molecule has 0 saturated carbocycles. The van der Waals surface area contributed by atoms with Gasteiger partial charge in [-0.15, -0.1) is 0 Å². The monoisotopic (exact) mass is 299 g/mol. The number of amides is 1. The molecule has 0 radical (unpaired) electrons. The van der Waals surface area contributed by atoms with Gasteiger partial charge in [-0.2, -0.15) is 0 Å². The zero-order valence-corrected chi connectivity index (χ0v) is 13.0. The minimum absolute atomic E-state index is 0.159. The molecule has 2 aromatic rings. The zero-order chi connectivity index (χ0) is 15.5. The number of carbonyl (C=O) groups is 1. The lowest BCUT2D eigenvalue weighted by Gasteiger charge is -2.37. The SMILES string of the molecule is Cc1nccn1[C@H](C)C(=O)N1CCN(c2cccnc2)CC1. The molecule has 1 aliphatic heterocycles. The summed E-state index contributed by atoms with van der Waals surface area (Å²) in [4.78, 5) is 25.2. The van der Waals surface area contributed by atoms with Crippen molar-refractivity contribution in [3.05, 3.63) is 42.7 Å². The topological polar surface area (TPSA) is 54.3 Å². The fourth-order valence-electron chi connectivity index (χ4n) is 2.91. The van der Waals surface area contributed by atoms with Crippen molar-refractivity contribution in [3.63, 3.8) is 0 Å². The molecule has 22 heavy (non-hydrogen) atoms. The van der Waals surface area contributed by atoms with Gasteiger partial charge in [0.2, 0.25) is 5.91 Å². The van der Waals surface area contributed by atoms with E-state index in [4.69, 9.17) is 0 Å². The van der Waals surface area contributed by atoms with Gasteiger partial charge in [0.05, 0.1) is 11.9 Å². The van der Waals surface area contributed by atoms with E-state index in [0.29, 0.717) is 0 Å².